The van der Waals surface area contributed by atoms with Crippen LogP contribution in [0.3, 0.4) is 0 Å². The zero-order valence-electron chi connectivity index (χ0n) is 9.46. The standard InChI is InChI=1S/C12H9BrN2O3/c1-8-2-3-9(15(16)17)6-12(8)18-11-4-5-14-7-10(11)13/h2-7H,1H3. The molecule has 1 aromatic heterocycles. The molecule has 1 heterocycles. The van der Waals surface area contributed by atoms with Crippen LogP contribution in [-0.4, -0.2) is 9.91 Å². The first-order valence-electron chi connectivity index (χ1n) is 5.10. The van der Waals surface area contributed by atoms with E-state index in [0.717, 1.165) is 5.56 Å². The molecule has 1 aromatic carbocycles. The summed E-state index contributed by atoms with van der Waals surface area (Å²) in [5.41, 5.74) is 0.824. The first-order chi connectivity index (χ1) is 8.58. The van der Waals surface area contributed by atoms with Gasteiger partial charge in [0.15, 0.2) is 0 Å². The molecule has 0 spiro atoms. The van der Waals surface area contributed by atoms with Crippen LogP contribution in [0.15, 0.2) is 41.1 Å². The highest BCUT2D eigenvalue weighted by Crippen LogP contribution is 2.32. The Labute approximate surface area is 112 Å². The molecule has 0 amide bonds. The molecule has 5 nitrogen and oxygen atoms in total. The van der Waals surface area contributed by atoms with Gasteiger partial charge >= 0.3 is 0 Å². The third kappa shape index (κ3) is 2.65. The summed E-state index contributed by atoms with van der Waals surface area (Å²) < 4.78 is 6.33. The lowest BCUT2D eigenvalue weighted by Gasteiger charge is -2.09. The lowest BCUT2D eigenvalue weighted by molar-refractivity contribution is -0.384. The van der Waals surface area contributed by atoms with Gasteiger partial charge in [-0.3, -0.25) is 15.1 Å². The highest BCUT2D eigenvalue weighted by atomic mass is 79.9. The van der Waals surface area contributed by atoms with Gasteiger partial charge in [0, 0.05) is 24.5 Å². The average molecular weight is 309 g/mol. The Morgan fingerprint density at radius 1 is 1.33 bits per heavy atom. The van der Waals surface area contributed by atoms with Gasteiger partial charge < -0.3 is 4.74 Å². The lowest BCUT2D eigenvalue weighted by Crippen LogP contribution is -1.92. The van der Waals surface area contributed by atoms with Gasteiger partial charge in [-0.15, -0.1) is 0 Å². The van der Waals surface area contributed by atoms with Crippen molar-refractivity contribution in [3.8, 4) is 11.5 Å². The first kappa shape index (κ1) is 12.5. The average Bonchev–Trinajstić information content (AvgIpc) is 2.34. The molecule has 0 aliphatic heterocycles. The lowest BCUT2D eigenvalue weighted by atomic mass is 10.2. The summed E-state index contributed by atoms with van der Waals surface area (Å²) in [6, 6.07) is 6.19. The number of aryl methyl sites for hydroxylation is 1. The molecule has 0 saturated heterocycles. The third-order valence-electron chi connectivity index (χ3n) is 2.34. The summed E-state index contributed by atoms with van der Waals surface area (Å²) in [6.45, 7) is 1.83. The third-order valence-corrected chi connectivity index (χ3v) is 2.93. The number of hydrogen-bond acceptors (Lipinski definition) is 4. The monoisotopic (exact) mass is 308 g/mol. The number of hydrogen-bond donors (Lipinski definition) is 0. The molecule has 0 atom stereocenters. The summed E-state index contributed by atoms with van der Waals surface area (Å²) in [6.07, 6.45) is 3.19. The van der Waals surface area contributed by atoms with Gasteiger partial charge in [-0.2, -0.15) is 0 Å². The van der Waals surface area contributed by atoms with Crippen LogP contribution < -0.4 is 4.74 Å². The van der Waals surface area contributed by atoms with Crippen molar-refractivity contribution >= 4 is 21.6 Å². The van der Waals surface area contributed by atoms with Crippen LogP contribution in [0.1, 0.15) is 5.56 Å². The topological polar surface area (TPSA) is 65.3 Å². The summed E-state index contributed by atoms with van der Waals surface area (Å²) in [5.74, 6) is 1.02. The summed E-state index contributed by atoms with van der Waals surface area (Å²) in [7, 11) is 0. The molecule has 92 valence electrons. The van der Waals surface area contributed by atoms with Crippen molar-refractivity contribution in [2.45, 2.75) is 6.92 Å². The van der Waals surface area contributed by atoms with Gasteiger partial charge in [0.05, 0.1) is 15.5 Å². The maximum atomic E-state index is 10.7. The van der Waals surface area contributed by atoms with Gasteiger partial charge in [-0.05, 0) is 34.5 Å². The van der Waals surface area contributed by atoms with E-state index in [2.05, 4.69) is 20.9 Å². The van der Waals surface area contributed by atoms with E-state index in [1.807, 2.05) is 6.92 Å². The second kappa shape index (κ2) is 5.14. The van der Waals surface area contributed by atoms with Gasteiger partial charge in [0.2, 0.25) is 0 Å². The molecular weight excluding hydrogens is 300 g/mol. The second-order valence-electron chi connectivity index (χ2n) is 3.62. The smallest absolute Gasteiger partial charge is 0.273 e. The molecule has 0 aliphatic carbocycles. The zero-order valence-corrected chi connectivity index (χ0v) is 11.0. The quantitative estimate of drug-likeness (QED) is 0.638. The number of rotatable bonds is 3. The molecule has 0 saturated carbocycles. The van der Waals surface area contributed by atoms with Crippen molar-refractivity contribution in [1.29, 1.82) is 0 Å². The Morgan fingerprint density at radius 2 is 2.11 bits per heavy atom. The molecule has 0 N–H and O–H groups in total. The Morgan fingerprint density at radius 3 is 2.78 bits per heavy atom. The maximum Gasteiger partial charge on any atom is 0.273 e. The summed E-state index contributed by atoms with van der Waals surface area (Å²) in [4.78, 5) is 14.2. The molecular formula is C12H9BrN2O3. The number of aromatic nitrogens is 1. The highest BCUT2D eigenvalue weighted by molar-refractivity contribution is 9.10. The fourth-order valence-corrected chi connectivity index (χ4v) is 1.71. The number of benzene rings is 1. The first-order valence-corrected chi connectivity index (χ1v) is 5.89. The molecule has 0 bridgehead atoms. The van der Waals surface area contributed by atoms with Crippen LogP contribution in [-0.2, 0) is 0 Å². The number of non-ortho nitro benzene ring substituents is 1. The molecule has 18 heavy (non-hydrogen) atoms. The van der Waals surface area contributed by atoms with E-state index in [0.29, 0.717) is 16.0 Å². The molecule has 0 fully saturated rings. The van der Waals surface area contributed by atoms with E-state index in [1.54, 1.807) is 24.5 Å². The van der Waals surface area contributed by atoms with E-state index in [1.165, 1.54) is 12.1 Å². The van der Waals surface area contributed by atoms with Crippen LogP contribution in [0.2, 0.25) is 0 Å². The van der Waals surface area contributed by atoms with Crippen molar-refractivity contribution in [3.63, 3.8) is 0 Å². The number of halogens is 1. The predicted molar refractivity (Wildman–Crippen MR) is 69.8 cm³/mol. The molecule has 0 aliphatic rings. The largest absolute Gasteiger partial charge is 0.456 e. The fourth-order valence-electron chi connectivity index (χ4n) is 1.38. The number of ether oxygens (including phenoxy) is 1. The minimum atomic E-state index is -0.451. The Balaban J connectivity index is 2.37. The van der Waals surface area contributed by atoms with Gasteiger partial charge in [-0.1, -0.05) is 0 Å². The minimum absolute atomic E-state index is 0.000721. The van der Waals surface area contributed by atoms with Gasteiger partial charge in [0.1, 0.15) is 11.5 Å². The highest BCUT2D eigenvalue weighted by Gasteiger charge is 2.11. The Hall–Kier alpha value is -1.95. The SMILES string of the molecule is Cc1ccc([N+](=O)[O-])cc1Oc1ccncc1Br. The molecule has 6 heteroatoms. The summed E-state index contributed by atoms with van der Waals surface area (Å²) >= 11 is 3.30. The predicted octanol–water partition coefficient (Wildman–Crippen LogP) is 3.85. The number of nitro groups is 1. The van der Waals surface area contributed by atoms with Crippen molar-refractivity contribution in [3.05, 3.63) is 56.8 Å². The van der Waals surface area contributed by atoms with Crippen LogP contribution >= 0.6 is 15.9 Å². The summed E-state index contributed by atoms with van der Waals surface area (Å²) in [5, 5.41) is 10.7. The number of nitrogens with zero attached hydrogens (tertiary/aromatic N) is 2. The second-order valence-corrected chi connectivity index (χ2v) is 4.47. The minimum Gasteiger partial charge on any atom is -0.456 e. The van der Waals surface area contributed by atoms with E-state index in [4.69, 9.17) is 4.74 Å². The van der Waals surface area contributed by atoms with Crippen molar-refractivity contribution in [2.24, 2.45) is 0 Å². The molecule has 2 aromatic rings. The van der Waals surface area contributed by atoms with Gasteiger partial charge in [-0.25, -0.2) is 0 Å². The van der Waals surface area contributed by atoms with Crippen molar-refractivity contribution < 1.29 is 9.66 Å². The Kier molecular flexibility index (Phi) is 3.57. The van der Waals surface area contributed by atoms with Crippen molar-refractivity contribution in [1.82, 2.24) is 4.98 Å². The van der Waals surface area contributed by atoms with Crippen molar-refractivity contribution in [2.75, 3.05) is 0 Å². The molecule has 0 radical (unpaired) electrons. The van der Waals surface area contributed by atoms with E-state index < -0.39 is 4.92 Å². The van der Waals surface area contributed by atoms with Crippen LogP contribution in [0.5, 0.6) is 11.5 Å². The van der Waals surface area contributed by atoms with Crippen LogP contribution in [0, 0.1) is 17.0 Å². The molecule has 2 rings (SSSR count). The van der Waals surface area contributed by atoms with Crippen LogP contribution in [0.25, 0.3) is 0 Å². The van der Waals surface area contributed by atoms with E-state index >= 15 is 0 Å². The maximum absolute atomic E-state index is 10.7. The van der Waals surface area contributed by atoms with E-state index in [-0.39, 0.29) is 5.69 Å². The molecule has 0 unspecified atom stereocenters. The Bertz CT molecular complexity index is 602. The normalized spacial score (nSPS) is 10.1. The van der Waals surface area contributed by atoms with Gasteiger partial charge in [0.25, 0.3) is 5.69 Å². The van der Waals surface area contributed by atoms with Crippen LogP contribution in [0.4, 0.5) is 5.69 Å². The number of nitro benzene ring substituents is 1. The number of pyridine rings is 1. The fraction of sp³-hybridized carbons (Fsp3) is 0.0833. The zero-order chi connectivity index (χ0) is 13.1. The van der Waals surface area contributed by atoms with E-state index in [9.17, 15) is 10.1 Å².